The lowest BCUT2D eigenvalue weighted by molar-refractivity contribution is -0.135. The maximum Gasteiger partial charge on any atom is 0.410 e. The quantitative estimate of drug-likeness (QED) is 0.286. The molecule has 3 amide bonds. The number of carbonyl (C=O) groups is 3. The summed E-state index contributed by atoms with van der Waals surface area (Å²) in [6, 6.07) is 7.00. The number of methoxy groups -OCH3 is 1. The summed E-state index contributed by atoms with van der Waals surface area (Å²) < 4.78 is 10.4. The number of H-pyrrole nitrogens is 2. The molecule has 5 atom stereocenters. The molecule has 2 aliphatic rings. The molecular formula is C34H47N7O5. The number of hydrogen-bond acceptors (Lipinski definition) is 7. The second-order valence-electron chi connectivity index (χ2n) is 14.1. The van der Waals surface area contributed by atoms with Gasteiger partial charge in [0.2, 0.25) is 5.91 Å². The van der Waals surface area contributed by atoms with Crippen molar-refractivity contribution in [3.63, 3.8) is 0 Å². The molecule has 2 aliphatic heterocycles. The Balaban J connectivity index is 1.30. The van der Waals surface area contributed by atoms with Gasteiger partial charge in [-0.2, -0.15) is 0 Å². The van der Waals surface area contributed by atoms with E-state index in [1.165, 1.54) is 7.11 Å². The highest BCUT2D eigenvalue weighted by atomic mass is 16.6. The highest BCUT2D eigenvalue weighted by Crippen LogP contribution is 2.37. The molecule has 46 heavy (non-hydrogen) atoms. The molecule has 0 spiro atoms. The number of likely N-dealkylation sites (tertiary alicyclic amines) is 2. The minimum absolute atomic E-state index is 0.106. The Bertz CT molecular complexity index is 1540. The molecule has 0 bridgehead atoms. The van der Waals surface area contributed by atoms with Crippen molar-refractivity contribution < 1.29 is 23.9 Å². The van der Waals surface area contributed by atoms with Crippen LogP contribution in [0.3, 0.4) is 0 Å². The van der Waals surface area contributed by atoms with E-state index in [2.05, 4.69) is 39.1 Å². The molecule has 3 N–H and O–H groups in total. The average Bonchev–Trinajstić information content (AvgIpc) is 3.80. The summed E-state index contributed by atoms with van der Waals surface area (Å²) in [5.74, 6) is 1.85. The minimum atomic E-state index is -0.692. The highest BCUT2D eigenvalue weighted by molar-refractivity contribution is 5.86. The first kappa shape index (κ1) is 33.0. The van der Waals surface area contributed by atoms with Crippen LogP contribution >= 0.6 is 0 Å². The van der Waals surface area contributed by atoms with Crippen LogP contribution in [-0.4, -0.2) is 79.7 Å². The topological polar surface area (TPSA) is 146 Å². The number of nitrogens with one attached hydrogen (secondary N) is 3. The molecular weight excluding hydrogens is 586 g/mol. The second kappa shape index (κ2) is 13.2. The molecule has 4 heterocycles. The zero-order valence-corrected chi connectivity index (χ0v) is 28.1. The first-order valence-electron chi connectivity index (χ1n) is 16.1. The number of aromatic nitrogens is 4. The van der Waals surface area contributed by atoms with E-state index in [-0.39, 0.29) is 35.9 Å². The fourth-order valence-corrected chi connectivity index (χ4v) is 6.39. The Kier molecular flexibility index (Phi) is 9.46. The van der Waals surface area contributed by atoms with Gasteiger partial charge in [-0.25, -0.2) is 19.6 Å². The summed E-state index contributed by atoms with van der Waals surface area (Å²) in [6.45, 7) is 14.9. The maximum absolute atomic E-state index is 13.6. The van der Waals surface area contributed by atoms with E-state index in [1.807, 2.05) is 63.8 Å². The zero-order chi connectivity index (χ0) is 33.3. The summed E-state index contributed by atoms with van der Waals surface area (Å²) in [4.78, 5) is 58.3. The highest BCUT2D eigenvalue weighted by Gasteiger charge is 2.40. The summed E-state index contributed by atoms with van der Waals surface area (Å²) in [7, 11) is 1.29. The summed E-state index contributed by atoms with van der Waals surface area (Å²) >= 11 is 0. The van der Waals surface area contributed by atoms with Crippen molar-refractivity contribution in [3.8, 4) is 22.5 Å². The first-order valence-corrected chi connectivity index (χ1v) is 16.1. The molecule has 2 aromatic heterocycles. The number of rotatable bonds is 7. The van der Waals surface area contributed by atoms with E-state index in [1.54, 1.807) is 17.3 Å². The van der Waals surface area contributed by atoms with Gasteiger partial charge in [0.15, 0.2) is 0 Å². The molecule has 5 rings (SSSR count). The average molecular weight is 634 g/mol. The third kappa shape index (κ3) is 7.21. The fourth-order valence-electron chi connectivity index (χ4n) is 6.39. The van der Waals surface area contributed by atoms with E-state index in [0.717, 1.165) is 47.0 Å². The van der Waals surface area contributed by atoms with E-state index in [0.29, 0.717) is 19.0 Å². The van der Waals surface area contributed by atoms with E-state index in [4.69, 9.17) is 9.47 Å². The molecule has 248 valence electrons. The number of nitrogens with zero attached hydrogens (tertiary/aromatic N) is 4. The monoisotopic (exact) mass is 633 g/mol. The standard InChI is InChI=1S/C34H47N7O5/c1-19(2)28(39-32(43)45-8)31(42)40-17-20(3)13-26(40)29-35-15-24(37-29)22-9-11-23(12-10-22)25-16-36-30(38-25)27-14-21(4)18-41(27)33(44)46-34(5,6)7/h9-12,15-16,19-21,26-28H,13-14,17-18H2,1-8H3,(H,35,37)(H,36,38)(H,39,43)/t20-,21-,26-,27-,28-/m0/s1. The molecule has 12 heteroatoms. The lowest BCUT2D eigenvalue weighted by Crippen LogP contribution is -2.51. The Morgan fingerprint density at radius 3 is 1.80 bits per heavy atom. The van der Waals surface area contributed by atoms with Crippen molar-refractivity contribution in [2.24, 2.45) is 17.8 Å². The Morgan fingerprint density at radius 2 is 1.35 bits per heavy atom. The number of hydrogen-bond donors (Lipinski definition) is 3. The third-order valence-corrected chi connectivity index (χ3v) is 8.65. The number of benzene rings is 1. The van der Waals surface area contributed by atoms with Crippen LogP contribution in [0.25, 0.3) is 22.5 Å². The number of amides is 3. The molecule has 12 nitrogen and oxygen atoms in total. The van der Waals surface area contributed by atoms with Gasteiger partial charge in [-0.3, -0.25) is 9.69 Å². The lowest BCUT2D eigenvalue weighted by atomic mass is 10.0. The molecule has 2 saturated heterocycles. The van der Waals surface area contributed by atoms with E-state index in [9.17, 15) is 14.4 Å². The van der Waals surface area contributed by atoms with Gasteiger partial charge in [-0.1, -0.05) is 52.0 Å². The van der Waals surface area contributed by atoms with Crippen LogP contribution < -0.4 is 5.32 Å². The molecule has 0 unspecified atom stereocenters. The predicted octanol–water partition coefficient (Wildman–Crippen LogP) is 6.07. The Morgan fingerprint density at radius 1 is 0.870 bits per heavy atom. The van der Waals surface area contributed by atoms with Crippen LogP contribution in [0.5, 0.6) is 0 Å². The fraction of sp³-hybridized carbons (Fsp3) is 0.559. The largest absolute Gasteiger partial charge is 0.453 e. The summed E-state index contributed by atoms with van der Waals surface area (Å²) in [5, 5.41) is 2.70. The van der Waals surface area contributed by atoms with Crippen molar-refractivity contribution in [1.82, 2.24) is 35.1 Å². The molecule has 0 radical (unpaired) electrons. The zero-order valence-electron chi connectivity index (χ0n) is 28.1. The minimum Gasteiger partial charge on any atom is -0.453 e. The van der Waals surface area contributed by atoms with Crippen molar-refractivity contribution in [1.29, 1.82) is 0 Å². The smallest absolute Gasteiger partial charge is 0.410 e. The van der Waals surface area contributed by atoms with Gasteiger partial charge in [0, 0.05) is 13.1 Å². The van der Waals surface area contributed by atoms with Crippen LogP contribution in [-0.2, 0) is 14.3 Å². The molecule has 0 aliphatic carbocycles. The number of imidazole rings is 2. The van der Waals surface area contributed by atoms with Gasteiger partial charge in [0.05, 0.1) is 43.0 Å². The van der Waals surface area contributed by atoms with Crippen LogP contribution in [0.15, 0.2) is 36.7 Å². The van der Waals surface area contributed by atoms with Crippen molar-refractivity contribution in [2.75, 3.05) is 20.2 Å². The molecule has 2 fully saturated rings. The predicted molar refractivity (Wildman–Crippen MR) is 173 cm³/mol. The number of alkyl carbamates (subject to hydrolysis) is 1. The molecule has 3 aromatic rings. The lowest BCUT2D eigenvalue weighted by Gasteiger charge is -2.30. The van der Waals surface area contributed by atoms with Crippen molar-refractivity contribution in [3.05, 3.63) is 48.3 Å². The van der Waals surface area contributed by atoms with Crippen molar-refractivity contribution in [2.45, 2.75) is 85.0 Å². The van der Waals surface area contributed by atoms with Crippen LogP contribution in [0.1, 0.15) is 85.0 Å². The first-order chi connectivity index (χ1) is 21.7. The summed E-state index contributed by atoms with van der Waals surface area (Å²) in [6.07, 6.45) is 4.25. The van der Waals surface area contributed by atoms with Gasteiger partial charge >= 0.3 is 12.2 Å². The SMILES string of the molecule is COC(=O)N[C@H](C(=O)N1C[C@@H](C)C[C@H]1c1ncc(-c2ccc(-c3cnc([C@@H]4C[C@H](C)CN4C(=O)OC(C)(C)C)[nH]3)cc2)[nH]1)C(C)C. The van der Waals surface area contributed by atoms with Crippen LogP contribution in [0.4, 0.5) is 9.59 Å². The third-order valence-electron chi connectivity index (χ3n) is 8.65. The Labute approximate surface area is 270 Å². The molecule has 0 saturated carbocycles. The maximum atomic E-state index is 13.6. The molecule has 1 aromatic carbocycles. The van der Waals surface area contributed by atoms with Gasteiger partial charge in [0.1, 0.15) is 23.3 Å². The van der Waals surface area contributed by atoms with Gasteiger partial charge < -0.3 is 29.7 Å². The van der Waals surface area contributed by atoms with E-state index >= 15 is 0 Å². The number of carbonyl (C=O) groups excluding carboxylic acids is 3. The number of aromatic amines is 2. The van der Waals surface area contributed by atoms with Crippen LogP contribution in [0.2, 0.25) is 0 Å². The van der Waals surface area contributed by atoms with Gasteiger partial charge in [-0.05, 0) is 62.5 Å². The number of ether oxygens (including phenoxy) is 2. The van der Waals surface area contributed by atoms with Gasteiger partial charge in [0.25, 0.3) is 0 Å². The Hall–Kier alpha value is -4.35. The second-order valence-corrected chi connectivity index (χ2v) is 14.1. The van der Waals surface area contributed by atoms with E-state index < -0.39 is 17.7 Å². The van der Waals surface area contributed by atoms with Crippen molar-refractivity contribution >= 4 is 18.1 Å². The summed E-state index contributed by atoms with van der Waals surface area (Å²) in [5.41, 5.74) is 3.08. The van der Waals surface area contributed by atoms with Crippen LogP contribution in [0, 0.1) is 17.8 Å². The normalized spacial score (nSPS) is 22.3. The van der Waals surface area contributed by atoms with Gasteiger partial charge in [-0.15, -0.1) is 0 Å².